The van der Waals surface area contributed by atoms with Crippen LogP contribution in [0.1, 0.15) is 29.9 Å². The van der Waals surface area contributed by atoms with E-state index in [0.29, 0.717) is 12.8 Å². The third kappa shape index (κ3) is 3.89. The average Bonchev–Trinajstić information content (AvgIpc) is 3.57. The molecule has 0 radical (unpaired) electrons. The monoisotopic (exact) mass is 470 g/mol. The van der Waals surface area contributed by atoms with Crippen molar-refractivity contribution >= 4 is 18.0 Å². The van der Waals surface area contributed by atoms with Crippen LogP contribution in [0.5, 0.6) is 0 Å². The van der Waals surface area contributed by atoms with E-state index < -0.39 is 41.8 Å². The van der Waals surface area contributed by atoms with Crippen molar-refractivity contribution in [2.45, 2.75) is 30.7 Å². The second-order valence-corrected chi connectivity index (χ2v) is 9.15. The van der Waals surface area contributed by atoms with E-state index >= 15 is 8.78 Å². The zero-order chi connectivity index (χ0) is 24.0. The van der Waals surface area contributed by atoms with Crippen molar-refractivity contribution in [3.63, 3.8) is 0 Å². The van der Waals surface area contributed by atoms with Gasteiger partial charge in [-0.15, -0.1) is 0 Å². The first-order valence-electron chi connectivity index (χ1n) is 11.3. The van der Waals surface area contributed by atoms with Crippen molar-refractivity contribution in [3.05, 3.63) is 59.7 Å². The highest BCUT2D eigenvalue weighted by Gasteiger charge is 2.57. The van der Waals surface area contributed by atoms with Gasteiger partial charge in [-0.25, -0.2) is 4.79 Å². The second-order valence-electron chi connectivity index (χ2n) is 9.15. The van der Waals surface area contributed by atoms with Crippen molar-refractivity contribution in [3.8, 4) is 11.1 Å². The van der Waals surface area contributed by atoms with Gasteiger partial charge in [-0.1, -0.05) is 48.5 Å². The highest BCUT2D eigenvalue weighted by atomic mass is 19.3. The number of hydrogen-bond acceptors (Lipinski definition) is 4. The van der Waals surface area contributed by atoms with E-state index in [1.807, 2.05) is 48.5 Å². The lowest BCUT2D eigenvalue weighted by Gasteiger charge is -2.40. The molecule has 2 aliphatic carbocycles. The zero-order valence-electron chi connectivity index (χ0n) is 18.2. The molecule has 9 heteroatoms. The highest BCUT2D eigenvalue weighted by Crippen LogP contribution is 2.45. The van der Waals surface area contributed by atoms with Crippen molar-refractivity contribution in [2.75, 3.05) is 19.7 Å². The maximum Gasteiger partial charge on any atom is 0.407 e. The Balaban J connectivity index is 1.25. The molecule has 1 unspecified atom stereocenters. The van der Waals surface area contributed by atoms with Crippen LogP contribution in [0.2, 0.25) is 0 Å². The predicted octanol–water partition coefficient (Wildman–Crippen LogP) is 3.48. The molecule has 2 N–H and O–H groups in total. The van der Waals surface area contributed by atoms with Crippen LogP contribution >= 0.6 is 0 Å². The van der Waals surface area contributed by atoms with E-state index in [9.17, 15) is 14.4 Å². The number of carbonyl (C=O) groups is 3. The van der Waals surface area contributed by atoms with Crippen LogP contribution < -0.4 is 5.32 Å². The molecule has 7 nitrogen and oxygen atoms in total. The first-order chi connectivity index (χ1) is 16.3. The van der Waals surface area contributed by atoms with Crippen LogP contribution in [0.3, 0.4) is 0 Å². The summed E-state index contributed by atoms with van der Waals surface area (Å²) in [6.07, 6.45) is -0.0672. The third-order valence-corrected chi connectivity index (χ3v) is 6.90. The van der Waals surface area contributed by atoms with Crippen molar-refractivity contribution in [1.29, 1.82) is 0 Å². The molecule has 2 amide bonds. The van der Waals surface area contributed by atoms with Crippen molar-refractivity contribution in [1.82, 2.24) is 10.2 Å². The second kappa shape index (κ2) is 8.38. The third-order valence-electron chi connectivity index (χ3n) is 6.90. The quantitative estimate of drug-likeness (QED) is 0.646. The minimum atomic E-state index is -3.85. The summed E-state index contributed by atoms with van der Waals surface area (Å²) in [5, 5.41) is 11.2. The van der Waals surface area contributed by atoms with Gasteiger partial charge in [0.05, 0.1) is 5.92 Å². The lowest BCUT2D eigenvalue weighted by molar-refractivity contribution is -0.173. The number of ether oxygens (including phenoxy) is 1. The van der Waals surface area contributed by atoms with Gasteiger partial charge in [0.15, 0.2) is 0 Å². The predicted molar refractivity (Wildman–Crippen MR) is 117 cm³/mol. The topological polar surface area (TPSA) is 95.9 Å². The summed E-state index contributed by atoms with van der Waals surface area (Å²) >= 11 is 0. The van der Waals surface area contributed by atoms with Gasteiger partial charge >= 0.3 is 18.0 Å². The Bertz CT molecular complexity index is 1100. The molecule has 1 saturated heterocycles. The summed E-state index contributed by atoms with van der Waals surface area (Å²) < 4.78 is 35.5. The molecule has 3 aliphatic rings. The minimum absolute atomic E-state index is 0.0246. The van der Waals surface area contributed by atoms with Gasteiger partial charge in [0.2, 0.25) is 0 Å². The summed E-state index contributed by atoms with van der Waals surface area (Å²) in [4.78, 5) is 36.7. The van der Waals surface area contributed by atoms with Crippen LogP contribution in [0.15, 0.2) is 48.5 Å². The van der Waals surface area contributed by atoms with Crippen molar-refractivity contribution in [2.24, 2.45) is 11.8 Å². The molecular formula is C25H24F2N2O5. The molecule has 2 aromatic carbocycles. The van der Waals surface area contributed by atoms with Gasteiger partial charge in [0.1, 0.15) is 12.6 Å². The number of carboxylic acid groups (broad SMARTS) is 1. The van der Waals surface area contributed by atoms with E-state index in [2.05, 4.69) is 5.32 Å². The number of halogens is 2. The molecule has 0 spiro atoms. The smallest absolute Gasteiger partial charge is 0.407 e. The number of hydrogen-bond donors (Lipinski definition) is 2. The summed E-state index contributed by atoms with van der Waals surface area (Å²) in [5.74, 6) is -8.02. The first kappa shape index (κ1) is 22.3. The Labute approximate surface area is 194 Å². The fourth-order valence-electron chi connectivity index (χ4n) is 4.85. The van der Waals surface area contributed by atoms with Crippen molar-refractivity contribution < 1.29 is 33.0 Å². The number of aliphatic carboxylic acids is 1. The van der Waals surface area contributed by atoms with Crippen LogP contribution in [-0.4, -0.2) is 59.6 Å². The van der Waals surface area contributed by atoms with E-state index in [4.69, 9.17) is 9.84 Å². The fraction of sp³-hybridized carbons (Fsp3) is 0.400. The molecule has 1 saturated carbocycles. The Morgan fingerprint density at radius 3 is 2.12 bits per heavy atom. The number of fused-ring (bicyclic) bond motifs is 3. The lowest BCUT2D eigenvalue weighted by Crippen LogP contribution is -2.63. The molecule has 5 rings (SSSR count). The van der Waals surface area contributed by atoms with Gasteiger partial charge in [0.25, 0.3) is 5.91 Å². The van der Waals surface area contributed by atoms with Gasteiger partial charge in [-0.05, 0) is 41.0 Å². The molecule has 1 aliphatic heterocycles. The molecule has 0 bridgehead atoms. The van der Waals surface area contributed by atoms with Crippen LogP contribution in [-0.2, 0) is 14.3 Å². The standard InChI is InChI=1S/C25H24F2N2O5/c26-25(27,23(32)29-11-15(12-29)22(30)31)21(14-9-10-14)28-24(33)34-13-20-18-7-3-1-5-16(18)17-6-2-4-8-19(17)20/h1-8,14-15,20-21H,9-13H2,(H,28,33)(H,30,31). The molecule has 34 heavy (non-hydrogen) atoms. The van der Waals surface area contributed by atoms with Gasteiger partial charge in [-0.2, -0.15) is 8.78 Å². The Morgan fingerprint density at radius 1 is 1.03 bits per heavy atom. The molecule has 178 valence electrons. The highest BCUT2D eigenvalue weighted by molar-refractivity contribution is 5.88. The fourth-order valence-corrected chi connectivity index (χ4v) is 4.85. The number of rotatable bonds is 7. The summed E-state index contributed by atoms with van der Waals surface area (Å²) in [6.45, 7) is -0.540. The Kier molecular flexibility index (Phi) is 5.50. The number of amides is 2. The van der Waals surface area contributed by atoms with Crippen LogP contribution in [0, 0.1) is 11.8 Å². The van der Waals surface area contributed by atoms with Gasteiger partial charge < -0.3 is 20.1 Å². The molecule has 1 atom stereocenters. The number of benzene rings is 2. The number of nitrogens with one attached hydrogen (secondary N) is 1. The van der Waals surface area contributed by atoms with Gasteiger partial charge in [-0.3, -0.25) is 9.59 Å². The van der Waals surface area contributed by atoms with Crippen LogP contribution in [0.25, 0.3) is 11.1 Å². The average molecular weight is 470 g/mol. The zero-order valence-corrected chi connectivity index (χ0v) is 18.2. The molecule has 1 heterocycles. The molecular weight excluding hydrogens is 446 g/mol. The summed E-state index contributed by atoms with van der Waals surface area (Å²) in [7, 11) is 0. The number of carbonyl (C=O) groups excluding carboxylic acids is 2. The number of likely N-dealkylation sites (tertiary alicyclic amines) is 1. The molecule has 0 aromatic heterocycles. The Morgan fingerprint density at radius 2 is 1.59 bits per heavy atom. The normalized spacial score (nSPS) is 18.5. The van der Waals surface area contributed by atoms with Crippen LogP contribution in [0.4, 0.5) is 13.6 Å². The molecule has 2 fully saturated rings. The number of alkyl carbamates (subject to hydrolysis) is 1. The maximum atomic E-state index is 15.1. The van der Waals surface area contributed by atoms with E-state index in [0.717, 1.165) is 27.2 Å². The number of carboxylic acids is 1. The largest absolute Gasteiger partial charge is 0.481 e. The lowest BCUT2D eigenvalue weighted by atomic mass is 9.96. The SMILES string of the molecule is O=C(NC(C1CC1)C(F)(F)C(=O)N1CC(C(=O)O)C1)OCC1c2ccccc2-c2ccccc21. The van der Waals surface area contributed by atoms with Gasteiger partial charge in [0, 0.05) is 19.0 Å². The van der Waals surface area contributed by atoms with E-state index in [-0.39, 0.29) is 25.6 Å². The summed E-state index contributed by atoms with van der Waals surface area (Å²) in [5.41, 5.74) is 4.10. The van der Waals surface area contributed by atoms with E-state index in [1.165, 1.54) is 0 Å². The maximum absolute atomic E-state index is 15.1. The summed E-state index contributed by atoms with van der Waals surface area (Å²) in [6, 6.07) is 13.9. The molecule has 2 aromatic rings. The Hall–Kier alpha value is -3.49. The minimum Gasteiger partial charge on any atom is -0.481 e. The first-order valence-corrected chi connectivity index (χ1v) is 11.3. The number of alkyl halides is 2. The van der Waals surface area contributed by atoms with E-state index in [1.54, 1.807) is 0 Å². The number of nitrogens with zero attached hydrogens (tertiary/aromatic N) is 1.